The quantitative estimate of drug-likeness (QED) is 0.123. The smallest absolute Gasteiger partial charge is 0.411 e. The fourth-order valence-corrected chi connectivity index (χ4v) is 9.50. The van der Waals surface area contributed by atoms with Crippen LogP contribution in [0.25, 0.3) is 55.6 Å². The van der Waals surface area contributed by atoms with E-state index in [0.717, 1.165) is 63.0 Å². The Kier molecular flexibility index (Phi) is 13.2. The molecule has 0 N–H and O–H groups in total. The largest absolute Gasteiger partial charge is 0.498 e. The van der Waals surface area contributed by atoms with Crippen molar-refractivity contribution in [2.75, 3.05) is 23.7 Å². The Labute approximate surface area is 395 Å². The Morgan fingerprint density at radius 1 is 0.641 bits per heavy atom. The van der Waals surface area contributed by atoms with Crippen LogP contribution >= 0.6 is 0 Å². The molecule has 8 aromatic rings. The molecule has 0 atom stereocenters. The molecule has 1 radical (unpaired) electrons. The number of hydrogen-bond acceptors (Lipinski definition) is 5. The monoisotopic (exact) mass is 1020 g/mol. The molecule has 0 bridgehead atoms. The third kappa shape index (κ3) is 9.48. The standard InChI is InChI=1S/C34H37BN3O.C23H24N.Ir/c1-20-15-21(2)30(22(3)16-20)35-37(8)29-14-13-26-25-11-10-12-27(32(25)39-33(26)31(29)38(35)9)28-17-24(18-34(5,6)7)23(4)19-36-28;1-17-10-12-20(14-21(17)19-8-6-5-7-9-19)22-13-11-18(16-24-22)15-23(2,3)4;/h10-11,13-17,19H,18H2,1-9H3;5-11,13-14,16H,15H2,1-4H3;/q2*-1;. The minimum Gasteiger partial charge on any atom is -0.498 e. The fourth-order valence-electron chi connectivity index (χ4n) is 9.50. The van der Waals surface area contributed by atoms with Crippen molar-refractivity contribution in [3.8, 4) is 33.6 Å². The molecular weight excluding hydrogens is 960 g/mol. The molecule has 1 aliphatic heterocycles. The number of hydrogen-bond donors (Lipinski definition) is 0. The summed E-state index contributed by atoms with van der Waals surface area (Å²) in [5.41, 5.74) is 21.2. The zero-order valence-electron chi connectivity index (χ0n) is 39.9. The average molecular weight is 1020 g/mol. The summed E-state index contributed by atoms with van der Waals surface area (Å²) < 4.78 is 6.79. The van der Waals surface area contributed by atoms with Gasteiger partial charge in [-0.15, -0.1) is 47.5 Å². The zero-order chi connectivity index (χ0) is 45.0. The first-order chi connectivity index (χ1) is 29.9. The molecule has 64 heavy (non-hydrogen) atoms. The third-order valence-electron chi connectivity index (χ3n) is 12.3. The van der Waals surface area contributed by atoms with Crippen molar-refractivity contribution in [1.29, 1.82) is 0 Å². The first-order valence-electron chi connectivity index (χ1n) is 22.3. The van der Waals surface area contributed by atoms with Crippen LogP contribution < -0.4 is 15.1 Å². The number of furan rings is 1. The predicted octanol–water partition coefficient (Wildman–Crippen LogP) is 13.7. The van der Waals surface area contributed by atoms with Crippen LogP contribution in [0.4, 0.5) is 11.4 Å². The first kappa shape index (κ1) is 46.5. The SMILES string of the molecule is Cc1c[c-]c(-c2ccc(CC(C)(C)C)cn2)cc1-c1ccccc1.Cc1cc(C)c(B2N(C)c3ccc4c(oc5c(-c6cc(CC(C)(C)C)c(C)cn6)[c-]ccc54)c3N2C)c(C)c1.[Ir]. The van der Waals surface area contributed by atoms with Gasteiger partial charge >= 0.3 is 6.98 Å². The van der Waals surface area contributed by atoms with E-state index >= 15 is 0 Å². The van der Waals surface area contributed by atoms with Crippen LogP contribution in [0.1, 0.15) is 80.5 Å². The summed E-state index contributed by atoms with van der Waals surface area (Å²) in [6.07, 6.45) is 6.01. The maximum Gasteiger partial charge on any atom is 0.411 e. The number of aromatic nitrogens is 2. The van der Waals surface area contributed by atoms with Gasteiger partial charge in [0.1, 0.15) is 5.58 Å². The van der Waals surface area contributed by atoms with E-state index in [9.17, 15) is 0 Å². The van der Waals surface area contributed by atoms with Crippen molar-refractivity contribution in [3.63, 3.8) is 0 Å². The van der Waals surface area contributed by atoms with Crippen LogP contribution in [0.3, 0.4) is 0 Å². The summed E-state index contributed by atoms with van der Waals surface area (Å²) in [6, 6.07) is 41.2. The third-order valence-corrected chi connectivity index (χ3v) is 12.3. The summed E-state index contributed by atoms with van der Waals surface area (Å²) in [4.78, 5) is 14.2. The van der Waals surface area contributed by atoms with Crippen LogP contribution in [-0.2, 0) is 32.9 Å². The van der Waals surface area contributed by atoms with E-state index in [1.165, 1.54) is 61.2 Å². The van der Waals surface area contributed by atoms with E-state index in [1.807, 2.05) is 24.5 Å². The van der Waals surface area contributed by atoms with Gasteiger partial charge < -0.3 is 24.0 Å². The summed E-state index contributed by atoms with van der Waals surface area (Å²) in [5.74, 6) is 0. The number of pyridine rings is 2. The minimum atomic E-state index is 0. The van der Waals surface area contributed by atoms with Gasteiger partial charge in [-0.1, -0.05) is 148 Å². The number of benzene rings is 5. The Bertz CT molecular complexity index is 2940. The van der Waals surface area contributed by atoms with Crippen molar-refractivity contribution in [1.82, 2.24) is 9.97 Å². The molecule has 3 aromatic heterocycles. The molecule has 329 valence electrons. The maximum absolute atomic E-state index is 6.79. The van der Waals surface area contributed by atoms with Crippen molar-refractivity contribution >= 4 is 45.8 Å². The Morgan fingerprint density at radius 2 is 1.31 bits per heavy atom. The van der Waals surface area contributed by atoms with E-state index in [-0.39, 0.29) is 37.9 Å². The van der Waals surface area contributed by atoms with Gasteiger partial charge in [-0.3, -0.25) is 0 Å². The number of fused-ring (bicyclic) bond motifs is 5. The summed E-state index contributed by atoms with van der Waals surface area (Å²) in [5, 5.41) is 2.22. The summed E-state index contributed by atoms with van der Waals surface area (Å²) in [6.45, 7) is 24.6. The van der Waals surface area contributed by atoms with Crippen molar-refractivity contribution in [2.24, 2.45) is 10.8 Å². The van der Waals surface area contributed by atoms with Gasteiger partial charge in [0, 0.05) is 37.9 Å². The molecule has 0 unspecified atom stereocenters. The molecule has 0 amide bonds. The fraction of sp³-hybridized carbons (Fsp3) is 0.298. The molecule has 5 aromatic carbocycles. The van der Waals surface area contributed by atoms with Gasteiger partial charge in [-0.2, -0.15) is 0 Å². The van der Waals surface area contributed by atoms with Gasteiger partial charge in [0.25, 0.3) is 0 Å². The zero-order valence-corrected chi connectivity index (χ0v) is 42.3. The van der Waals surface area contributed by atoms with Crippen LogP contribution in [0.5, 0.6) is 0 Å². The number of rotatable bonds is 6. The van der Waals surface area contributed by atoms with Gasteiger partial charge in [-0.05, 0) is 111 Å². The molecule has 0 aliphatic carbocycles. The second-order valence-electron chi connectivity index (χ2n) is 20.2. The molecule has 0 saturated carbocycles. The molecule has 0 fully saturated rings. The van der Waals surface area contributed by atoms with E-state index < -0.39 is 0 Å². The van der Waals surface area contributed by atoms with E-state index in [2.05, 4.69) is 202 Å². The molecule has 7 heteroatoms. The molecule has 0 saturated heterocycles. The van der Waals surface area contributed by atoms with Crippen LogP contribution in [0, 0.1) is 57.6 Å². The predicted molar refractivity (Wildman–Crippen MR) is 268 cm³/mol. The van der Waals surface area contributed by atoms with Crippen LogP contribution in [0.2, 0.25) is 0 Å². The normalized spacial score (nSPS) is 12.7. The van der Waals surface area contributed by atoms with Gasteiger partial charge in [0.05, 0.1) is 17.0 Å². The number of aryl methyl sites for hydroxylation is 5. The van der Waals surface area contributed by atoms with Gasteiger partial charge in [-0.25, -0.2) is 0 Å². The molecule has 9 rings (SSSR count). The first-order valence-corrected chi connectivity index (χ1v) is 22.3. The van der Waals surface area contributed by atoms with Crippen LogP contribution in [-0.4, -0.2) is 31.0 Å². The van der Waals surface area contributed by atoms with Crippen molar-refractivity contribution in [3.05, 3.63) is 161 Å². The topological polar surface area (TPSA) is 45.4 Å². The molecule has 1 aliphatic rings. The summed E-state index contributed by atoms with van der Waals surface area (Å²) in [7, 11) is 4.37. The average Bonchev–Trinajstić information content (AvgIpc) is 3.72. The summed E-state index contributed by atoms with van der Waals surface area (Å²) >= 11 is 0. The Hall–Kier alpha value is -5.49. The second kappa shape index (κ2) is 18.2. The van der Waals surface area contributed by atoms with Crippen molar-refractivity contribution < 1.29 is 24.5 Å². The Morgan fingerprint density at radius 3 is 1.97 bits per heavy atom. The number of anilines is 2. The number of nitrogens with zero attached hydrogens (tertiary/aromatic N) is 4. The molecule has 4 heterocycles. The Balaban J connectivity index is 0.000000211. The minimum absolute atomic E-state index is 0. The van der Waals surface area contributed by atoms with Gasteiger partial charge in [0.15, 0.2) is 0 Å². The van der Waals surface area contributed by atoms with E-state index in [1.54, 1.807) is 0 Å². The maximum atomic E-state index is 6.79. The van der Waals surface area contributed by atoms with E-state index in [4.69, 9.17) is 9.40 Å². The molecule has 5 nitrogen and oxygen atoms in total. The van der Waals surface area contributed by atoms with Gasteiger partial charge in [0.2, 0.25) is 0 Å². The molecule has 0 spiro atoms. The molecular formula is C57H61BIrN4O-2. The second-order valence-corrected chi connectivity index (χ2v) is 20.2. The van der Waals surface area contributed by atoms with Crippen LogP contribution in [0.15, 0.2) is 114 Å². The van der Waals surface area contributed by atoms with E-state index in [0.29, 0.717) is 0 Å². The van der Waals surface area contributed by atoms with Crippen molar-refractivity contribution in [2.45, 2.75) is 89.0 Å².